The van der Waals surface area contributed by atoms with E-state index in [4.69, 9.17) is 4.74 Å². The molecule has 6 heteroatoms. The van der Waals surface area contributed by atoms with Crippen LogP contribution in [-0.2, 0) is 27.3 Å². The van der Waals surface area contributed by atoms with Gasteiger partial charge in [-0.2, -0.15) is 0 Å². The Morgan fingerprint density at radius 3 is 2.48 bits per heavy atom. The zero-order valence-electron chi connectivity index (χ0n) is 17.1. The molecule has 4 rings (SSSR count). The molecule has 3 N–H and O–H groups in total. The molecule has 158 valence electrons. The molecule has 29 heavy (non-hydrogen) atoms. The van der Waals surface area contributed by atoms with Crippen LogP contribution in [0.3, 0.4) is 0 Å². The third kappa shape index (κ3) is 5.37. The highest BCUT2D eigenvalue weighted by Crippen LogP contribution is 2.28. The molecule has 6 nitrogen and oxygen atoms in total. The zero-order chi connectivity index (χ0) is 20.1. The fourth-order valence-electron chi connectivity index (χ4n) is 4.80. The van der Waals surface area contributed by atoms with E-state index in [9.17, 15) is 9.59 Å². The maximum atomic E-state index is 12.6. The number of nitrogens with one attached hydrogen (secondary N) is 3. The van der Waals surface area contributed by atoms with Gasteiger partial charge in [0.1, 0.15) is 0 Å². The van der Waals surface area contributed by atoms with E-state index in [0.717, 1.165) is 58.1 Å². The van der Waals surface area contributed by atoms with Crippen LogP contribution in [0, 0.1) is 11.8 Å². The fraction of sp³-hybridized carbons (Fsp3) is 0.652. The summed E-state index contributed by atoms with van der Waals surface area (Å²) in [6, 6.07) is 8.16. The molecule has 2 amide bonds. The van der Waals surface area contributed by atoms with Crippen molar-refractivity contribution in [1.82, 2.24) is 16.0 Å². The summed E-state index contributed by atoms with van der Waals surface area (Å²) in [7, 11) is 0. The molecule has 0 spiro atoms. The summed E-state index contributed by atoms with van der Waals surface area (Å²) in [5, 5.41) is 9.56. The van der Waals surface area contributed by atoms with E-state index in [1.807, 2.05) is 12.1 Å². The molecular formula is C23H33N3O3. The third-order valence-electron chi connectivity index (χ3n) is 6.71. The molecule has 3 aliphatic rings. The van der Waals surface area contributed by atoms with Crippen LogP contribution in [0.25, 0.3) is 0 Å². The first kappa shape index (κ1) is 20.4. The second-order valence-corrected chi connectivity index (χ2v) is 8.75. The van der Waals surface area contributed by atoms with Crippen molar-refractivity contribution >= 4 is 11.8 Å². The summed E-state index contributed by atoms with van der Waals surface area (Å²) in [6.45, 7) is 2.93. The van der Waals surface area contributed by atoms with Crippen molar-refractivity contribution in [2.75, 3.05) is 19.7 Å². The number of ether oxygens (including phenoxy) is 1. The van der Waals surface area contributed by atoms with E-state index in [-0.39, 0.29) is 29.9 Å². The summed E-state index contributed by atoms with van der Waals surface area (Å²) in [4.78, 5) is 25.0. The smallest absolute Gasteiger partial charge is 0.237 e. The van der Waals surface area contributed by atoms with Crippen molar-refractivity contribution in [3.05, 3.63) is 35.4 Å². The van der Waals surface area contributed by atoms with Gasteiger partial charge in [0, 0.05) is 32.2 Å². The van der Waals surface area contributed by atoms with Crippen LogP contribution in [0.5, 0.6) is 0 Å². The fourth-order valence-corrected chi connectivity index (χ4v) is 4.80. The van der Waals surface area contributed by atoms with Gasteiger partial charge < -0.3 is 20.7 Å². The quantitative estimate of drug-likeness (QED) is 0.683. The van der Waals surface area contributed by atoms with Gasteiger partial charge in [0.05, 0.1) is 12.1 Å². The SMILES string of the molecule is O=C(NCC1CCCO1)C1CCC(CNC(=O)C2Cc3ccccc3CN2)CC1. The molecular weight excluding hydrogens is 366 g/mol. The van der Waals surface area contributed by atoms with Gasteiger partial charge in [-0.25, -0.2) is 0 Å². The Kier molecular flexibility index (Phi) is 6.82. The predicted octanol–water partition coefficient (Wildman–Crippen LogP) is 1.92. The highest BCUT2D eigenvalue weighted by molar-refractivity contribution is 5.82. The number of carbonyl (C=O) groups excluding carboxylic acids is 2. The lowest BCUT2D eigenvalue weighted by molar-refractivity contribution is -0.127. The van der Waals surface area contributed by atoms with Crippen LogP contribution in [-0.4, -0.2) is 43.7 Å². The average molecular weight is 400 g/mol. The monoisotopic (exact) mass is 399 g/mol. The number of benzene rings is 1. The van der Waals surface area contributed by atoms with Crippen LogP contribution in [0.1, 0.15) is 49.7 Å². The van der Waals surface area contributed by atoms with Gasteiger partial charge in [0.2, 0.25) is 11.8 Å². The molecule has 0 radical (unpaired) electrons. The van der Waals surface area contributed by atoms with E-state index < -0.39 is 0 Å². The normalized spacial score (nSPS) is 29.1. The van der Waals surface area contributed by atoms with Crippen molar-refractivity contribution in [2.24, 2.45) is 11.8 Å². The topological polar surface area (TPSA) is 79.5 Å². The molecule has 1 aromatic rings. The number of hydrogen-bond donors (Lipinski definition) is 3. The summed E-state index contributed by atoms with van der Waals surface area (Å²) < 4.78 is 5.57. The standard InChI is InChI=1S/C23H33N3O3/c27-22(26-15-20-6-3-11-29-20)17-9-7-16(8-10-17)13-25-23(28)21-12-18-4-1-2-5-19(18)14-24-21/h1-2,4-5,16-17,20-21,24H,3,6-15H2,(H,25,28)(H,26,27). The van der Waals surface area contributed by atoms with Crippen LogP contribution in [0.2, 0.25) is 0 Å². The number of rotatable bonds is 6. The summed E-state index contributed by atoms with van der Waals surface area (Å²) in [5.41, 5.74) is 2.55. The minimum atomic E-state index is -0.148. The van der Waals surface area contributed by atoms with Gasteiger partial charge in [-0.3, -0.25) is 9.59 Å². The Hall–Kier alpha value is -1.92. The molecule has 2 atom stereocenters. The summed E-state index contributed by atoms with van der Waals surface area (Å²) in [5.74, 6) is 0.848. The van der Waals surface area contributed by atoms with E-state index in [0.29, 0.717) is 19.0 Å². The van der Waals surface area contributed by atoms with E-state index in [1.54, 1.807) is 0 Å². The average Bonchev–Trinajstić information content (AvgIpc) is 3.29. The number of fused-ring (bicyclic) bond motifs is 1. The Bertz CT molecular complexity index is 709. The van der Waals surface area contributed by atoms with Crippen molar-refractivity contribution < 1.29 is 14.3 Å². The highest BCUT2D eigenvalue weighted by Gasteiger charge is 2.29. The van der Waals surface area contributed by atoms with Crippen molar-refractivity contribution in [3.8, 4) is 0 Å². The molecule has 1 aliphatic carbocycles. The predicted molar refractivity (Wildman–Crippen MR) is 111 cm³/mol. The van der Waals surface area contributed by atoms with Crippen LogP contribution in [0.4, 0.5) is 0 Å². The molecule has 2 unspecified atom stereocenters. The Morgan fingerprint density at radius 2 is 1.72 bits per heavy atom. The van der Waals surface area contributed by atoms with Gasteiger partial charge in [-0.1, -0.05) is 24.3 Å². The van der Waals surface area contributed by atoms with Crippen molar-refractivity contribution in [3.63, 3.8) is 0 Å². The molecule has 1 saturated heterocycles. The minimum absolute atomic E-state index is 0.0935. The molecule has 1 aromatic carbocycles. The number of carbonyl (C=O) groups is 2. The number of amides is 2. The molecule has 0 aromatic heterocycles. The maximum Gasteiger partial charge on any atom is 0.237 e. The van der Waals surface area contributed by atoms with Gasteiger partial charge in [-0.15, -0.1) is 0 Å². The first-order valence-corrected chi connectivity index (χ1v) is 11.2. The third-order valence-corrected chi connectivity index (χ3v) is 6.71. The first-order valence-electron chi connectivity index (χ1n) is 11.2. The molecule has 2 fully saturated rings. The summed E-state index contributed by atoms with van der Waals surface area (Å²) >= 11 is 0. The lowest BCUT2D eigenvalue weighted by atomic mass is 9.81. The van der Waals surface area contributed by atoms with E-state index >= 15 is 0 Å². The lowest BCUT2D eigenvalue weighted by Crippen LogP contribution is -2.48. The lowest BCUT2D eigenvalue weighted by Gasteiger charge is -2.29. The first-order chi connectivity index (χ1) is 14.2. The summed E-state index contributed by atoms with van der Waals surface area (Å²) in [6.07, 6.45) is 6.91. The second kappa shape index (κ2) is 9.72. The molecule has 2 aliphatic heterocycles. The van der Waals surface area contributed by atoms with E-state index in [2.05, 4.69) is 28.1 Å². The van der Waals surface area contributed by atoms with Gasteiger partial charge in [-0.05, 0) is 62.0 Å². The van der Waals surface area contributed by atoms with Gasteiger partial charge in [0.25, 0.3) is 0 Å². The van der Waals surface area contributed by atoms with Crippen molar-refractivity contribution in [1.29, 1.82) is 0 Å². The maximum absolute atomic E-state index is 12.6. The van der Waals surface area contributed by atoms with Crippen LogP contribution >= 0.6 is 0 Å². The Balaban J connectivity index is 1.14. The number of hydrogen-bond acceptors (Lipinski definition) is 4. The molecule has 0 bridgehead atoms. The van der Waals surface area contributed by atoms with Crippen molar-refractivity contribution in [2.45, 2.75) is 63.6 Å². The highest BCUT2D eigenvalue weighted by atomic mass is 16.5. The van der Waals surface area contributed by atoms with Gasteiger partial charge >= 0.3 is 0 Å². The van der Waals surface area contributed by atoms with Crippen LogP contribution < -0.4 is 16.0 Å². The van der Waals surface area contributed by atoms with Gasteiger partial charge in [0.15, 0.2) is 0 Å². The second-order valence-electron chi connectivity index (χ2n) is 8.75. The Morgan fingerprint density at radius 1 is 0.966 bits per heavy atom. The Labute approximate surface area is 173 Å². The largest absolute Gasteiger partial charge is 0.376 e. The van der Waals surface area contributed by atoms with Crippen LogP contribution in [0.15, 0.2) is 24.3 Å². The molecule has 2 heterocycles. The molecule has 1 saturated carbocycles. The zero-order valence-corrected chi connectivity index (χ0v) is 17.1. The minimum Gasteiger partial charge on any atom is -0.376 e. The van der Waals surface area contributed by atoms with E-state index in [1.165, 1.54) is 11.1 Å².